The molecule has 0 radical (unpaired) electrons. The van der Waals surface area contributed by atoms with E-state index in [4.69, 9.17) is 4.74 Å². The summed E-state index contributed by atoms with van der Waals surface area (Å²) in [6, 6.07) is 30.3. The Morgan fingerprint density at radius 1 is 0.690 bits per heavy atom. The maximum absolute atomic E-state index is 12.1. The van der Waals surface area contributed by atoms with Crippen LogP contribution >= 0.6 is 0 Å². The lowest BCUT2D eigenvalue weighted by molar-refractivity contribution is 0.415. The molecule has 0 aliphatic heterocycles. The Morgan fingerprint density at radius 3 is 2.41 bits per heavy atom. The number of ether oxygens (including phenoxy) is 1. The van der Waals surface area contributed by atoms with Gasteiger partial charge in [-0.2, -0.15) is 0 Å². The van der Waals surface area contributed by atoms with Crippen LogP contribution in [0.5, 0.6) is 5.75 Å². The second-order valence-corrected chi connectivity index (χ2v) is 7.07. The zero-order chi connectivity index (χ0) is 19.8. The van der Waals surface area contributed by atoms with Gasteiger partial charge in [-0.15, -0.1) is 0 Å². The molecule has 0 bridgehead atoms. The Labute approximate surface area is 168 Å². The molecule has 0 unspecified atom stereocenters. The first kappa shape index (κ1) is 17.3. The maximum atomic E-state index is 12.1. The van der Waals surface area contributed by atoms with Gasteiger partial charge in [0.2, 0.25) is 5.56 Å². The minimum Gasteiger partial charge on any atom is -0.497 e. The second kappa shape index (κ2) is 6.95. The SMILES string of the molecule is COc1cccc(-c2cc(-c3cccc4ccccc34)c3[nH]c(=O)ccc3c2)c1. The molecule has 0 aliphatic carbocycles. The average Bonchev–Trinajstić information content (AvgIpc) is 2.78. The number of aromatic amines is 1. The third-order valence-corrected chi connectivity index (χ3v) is 5.31. The third kappa shape index (κ3) is 3.07. The van der Waals surface area contributed by atoms with Gasteiger partial charge in [0.1, 0.15) is 5.75 Å². The summed E-state index contributed by atoms with van der Waals surface area (Å²) in [5, 5.41) is 3.32. The van der Waals surface area contributed by atoms with Crippen LogP contribution < -0.4 is 10.3 Å². The molecule has 5 aromatic rings. The van der Waals surface area contributed by atoms with Crippen LogP contribution in [0.2, 0.25) is 0 Å². The van der Waals surface area contributed by atoms with E-state index in [0.717, 1.165) is 44.3 Å². The van der Waals surface area contributed by atoms with Gasteiger partial charge in [0.05, 0.1) is 12.6 Å². The summed E-state index contributed by atoms with van der Waals surface area (Å²) >= 11 is 0. The molecular weight excluding hydrogens is 358 g/mol. The van der Waals surface area contributed by atoms with Crippen LogP contribution in [0, 0.1) is 0 Å². The van der Waals surface area contributed by atoms with Gasteiger partial charge in [-0.25, -0.2) is 0 Å². The molecule has 0 atom stereocenters. The average molecular weight is 377 g/mol. The van der Waals surface area contributed by atoms with Gasteiger partial charge in [0.25, 0.3) is 0 Å². The van der Waals surface area contributed by atoms with Crippen LogP contribution in [-0.2, 0) is 0 Å². The predicted octanol–water partition coefficient (Wildman–Crippen LogP) is 6.02. The molecule has 4 aromatic carbocycles. The summed E-state index contributed by atoms with van der Waals surface area (Å²) in [4.78, 5) is 15.1. The van der Waals surface area contributed by atoms with E-state index in [-0.39, 0.29) is 5.56 Å². The van der Waals surface area contributed by atoms with E-state index >= 15 is 0 Å². The zero-order valence-electron chi connectivity index (χ0n) is 16.0. The van der Waals surface area contributed by atoms with Crippen molar-refractivity contribution in [2.24, 2.45) is 0 Å². The van der Waals surface area contributed by atoms with Crippen LogP contribution in [-0.4, -0.2) is 12.1 Å². The molecule has 3 heteroatoms. The summed E-state index contributed by atoms with van der Waals surface area (Å²) in [5.41, 5.74) is 4.99. The Kier molecular flexibility index (Phi) is 4.14. The highest BCUT2D eigenvalue weighted by Gasteiger charge is 2.12. The van der Waals surface area contributed by atoms with Crippen LogP contribution in [0.25, 0.3) is 43.9 Å². The normalized spacial score (nSPS) is 11.1. The molecule has 0 saturated heterocycles. The first-order valence-corrected chi connectivity index (χ1v) is 9.52. The minimum absolute atomic E-state index is 0.104. The van der Waals surface area contributed by atoms with Crippen molar-refractivity contribution < 1.29 is 4.74 Å². The lowest BCUT2D eigenvalue weighted by atomic mass is 9.92. The molecule has 29 heavy (non-hydrogen) atoms. The van der Waals surface area contributed by atoms with E-state index in [1.54, 1.807) is 13.2 Å². The standard InChI is InChI=1S/C26H19NO2/c1-29-21-9-4-8-18(15-21)20-14-19-12-13-25(28)27-26(19)24(16-20)23-11-5-7-17-6-2-3-10-22(17)23/h2-16H,1H3,(H,27,28). The van der Waals surface area contributed by atoms with Gasteiger partial charge in [0, 0.05) is 11.6 Å². The van der Waals surface area contributed by atoms with E-state index < -0.39 is 0 Å². The Bertz CT molecular complexity index is 1410. The smallest absolute Gasteiger partial charge is 0.248 e. The lowest BCUT2D eigenvalue weighted by Gasteiger charge is -2.13. The van der Waals surface area contributed by atoms with Crippen molar-refractivity contribution in [2.75, 3.05) is 7.11 Å². The van der Waals surface area contributed by atoms with Crippen molar-refractivity contribution in [3.8, 4) is 28.0 Å². The molecular formula is C26H19NO2. The van der Waals surface area contributed by atoms with Gasteiger partial charge in [-0.05, 0) is 63.2 Å². The highest BCUT2D eigenvalue weighted by molar-refractivity contribution is 6.05. The molecule has 1 heterocycles. The predicted molar refractivity (Wildman–Crippen MR) is 119 cm³/mol. The number of benzene rings is 4. The number of nitrogens with one attached hydrogen (secondary N) is 1. The summed E-state index contributed by atoms with van der Waals surface area (Å²) in [6.45, 7) is 0. The number of methoxy groups -OCH3 is 1. The molecule has 5 rings (SSSR count). The van der Waals surface area contributed by atoms with Crippen molar-refractivity contribution in [3.63, 3.8) is 0 Å². The van der Waals surface area contributed by atoms with E-state index in [1.807, 2.05) is 36.4 Å². The summed E-state index contributed by atoms with van der Waals surface area (Å²) in [6.07, 6.45) is 0. The summed E-state index contributed by atoms with van der Waals surface area (Å²) < 4.78 is 5.40. The maximum Gasteiger partial charge on any atom is 0.248 e. The largest absolute Gasteiger partial charge is 0.497 e. The summed E-state index contributed by atoms with van der Waals surface area (Å²) in [7, 11) is 1.67. The number of H-pyrrole nitrogens is 1. The fourth-order valence-corrected chi connectivity index (χ4v) is 3.91. The Morgan fingerprint density at radius 2 is 1.52 bits per heavy atom. The van der Waals surface area contributed by atoms with Crippen molar-refractivity contribution in [1.29, 1.82) is 0 Å². The van der Waals surface area contributed by atoms with Crippen LogP contribution in [0.3, 0.4) is 0 Å². The number of aromatic nitrogens is 1. The third-order valence-electron chi connectivity index (χ3n) is 5.31. The van der Waals surface area contributed by atoms with Gasteiger partial charge in [-0.3, -0.25) is 4.79 Å². The molecule has 1 aromatic heterocycles. The molecule has 140 valence electrons. The molecule has 0 aliphatic rings. The number of rotatable bonds is 3. The van der Waals surface area contributed by atoms with E-state index in [2.05, 4.69) is 53.5 Å². The molecule has 0 spiro atoms. The first-order chi connectivity index (χ1) is 14.2. The van der Waals surface area contributed by atoms with Crippen molar-refractivity contribution in [1.82, 2.24) is 4.98 Å². The Hall–Kier alpha value is -3.85. The highest BCUT2D eigenvalue weighted by atomic mass is 16.5. The van der Waals surface area contributed by atoms with Gasteiger partial charge in [-0.1, -0.05) is 54.6 Å². The molecule has 3 nitrogen and oxygen atoms in total. The van der Waals surface area contributed by atoms with Gasteiger partial charge in [0.15, 0.2) is 0 Å². The van der Waals surface area contributed by atoms with E-state index in [9.17, 15) is 4.79 Å². The summed E-state index contributed by atoms with van der Waals surface area (Å²) in [5.74, 6) is 0.816. The fraction of sp³-hybridized carbons (Fsp3) is 0.0385. The number of fused-ring (bicyclic) bond motifs is 2. The molecule has 0 fully saturated rings. The molecule has 0 amide bonds. The first-order valence-electron chi connectivity index (χ1n) is 9.52. The van der Waals surface area contributed by atoms with Gasteiger partial charge >= 0.3 is 0 Å². The topological polar surface area (TPSA) is 42.1 Å². The fourth-order valence-electron chi connectivity index (χ4n) is 3.91. The van der Waals surface area contributed by atoms with Crippen molar-refractivity contribution in [2.45, 2.75) is 0 Å². The van der Waals surface area contributed by atoms with Crippen molar-refractivity contribution >= 4 is 21.7 Å². The Balaban J connectivity index is 1.86. The van der Waals surface area contributed by atoms with E-state index in [0.29, 0.717) is 0 Å². The highest BCUT2D eigenvalue weighted by Crippen LogP contribution is 2.36. The van der Waals surface area contributed by atoms with E-state index in [1.165, 1.54) is 5.39 Å². The second-order valence-electron chi connectivity index (χ2n) is 7.07. The molecule has 1 N–H and O–H groups in total. The lowest BCUT2D eigenvalue weighted by Crippen LogP contribution is -2.03. The van der Waals surface area contributed by atoms with Crippen LogP contribution in [0.4, 0.5) is 0 Å². The van der Waals surface area contributed by atoms with Crippen LogP contribution in [0.15, 0.2) is 95.8 Å². The zero-order valence-corrected chi connectivity index (χ0v) is 16.0. The number of pyridine rings is 1. The number of hydrogen-bond donors (Lipinski definition) is 1. The monoisotopic (exact) mass is 377 g/mol. The molecule has 0 saturated carbocycles. The minimum atomic E-state index is -0.104. The quantitative estimate of drug-likeness (QED) is 0.417. The van der Waals surface area contributed by atoms with Gasteiger partial charge < -0.3 is 9.72 Å². The van der Waals surface area contributed by atoms with Crippen molar-refractivity contribution in [3.05, 3.63) is 101 Å². The number of hydrogen-bond acceptors (Lipinski definition) is 2. The van der Waals surface area contributed by atoms with Crippen LogP contribution in [0.1, 0.15) is 0 Å².